The zero-order chi connectivity index (χ0) is 18.2. The predicted molar refractivity (Wildman–Crippen MR) is 113 cm³/mol. The van der Waals surface area contributed by atoms with Gasteiger partial charge < -0.3 is 0 Å². The van der Waals surface area contributed by atoms with Crippen LogP contribution < -0.4 is 0 Å². The maximum atomic E-state index is 2.62. The first-order chi connectivity index (χ1) is 13.3. The highest BCUT2D eigenvalue weighted by Gasteiger charge is 2.34. The normalized spacial score (nSPS) is 19.1. The summed E-state index contributed by atoms with van der Waals surface area (Å²) in [5, 5.41) is 0. The van der Waals surface area contributed by atoms with E-state index in [0.717, 1.165) is 19.6 Å². The first-order valence-corrected chi connectivity index (χ1v) is 9.92. The minimum atomic E-state index is 0.637. The Balaban J connectivity index is 1.56. The quantitative estimate of drug-likeness (QED) is 0.603. The van der Waals surface area contributed by atoms with Gasteiger partial charge in [0.2, 0.25) is 0 Å². The van der Waals surface area contributed by atoms with E-state index < -0.39 is 0 Å². The number of benzene rings is 3. The Kier molecular flexibility index (Phi) is 4.18. The molecule has 3 aromatic rings. The SMILES string of the molecule is Cc1ccc2c(c1)CC1CN(Cc3ccccc3)CC1=C2c1ccccc1. The number of aryl methyl sites for hydroxylation is 1. The molecule has 2 aliphatic rings. The third kappa shape index (κ3) is 3.13. The zero-order valence-electron chi connectivity index (χ0n) is 15.9. The summed E-state index contributed by atoms with van der Waals surface area (Å²) in [5.41, 5.74) is 10.2. The Bertz CT molecular complexity index is 985. The zero-order valence-corrected chi connectivity index (χ0v) is 15.9. The van der Waals surface area contributed by atoms with Gasteiger partial charge >= 0.3 is 0 Å². The molecule has 27 heavy (non-hydrogen) atoms. The summed E-state index contributed by atoms with van der Waals surface area (Å²) in [4.78, 5) is 2.62. The molecule has 1 heteroatoms. The average molecular weight is 351 g/mol. The first-order valence-electron chi connectivity index (χ1n) is 9.92. The lowest BCUT2D eigenvalue weighted by Gasteiger charge is -2.26. The molecule has 5 rings (SSSR count). The fourth-order valence-corrected chi connectivity index (χ4v) is 4.81. The second kappa shape index (κ2) is 6.83. The van der Waals surface area contributed by atoms with Crippen LogP contribution >= 0.6 is 0 Å². The van der Waals surface area contributed by atoms with Gasteiger partial charge in [-0.3, -0.25) is 4.90 Å². The van der Waals surface area contributed by atoms with Crippen molar-refractivity contribution in [2.75, 3.05) is 13.1 Å². The van der Waals surface area contributed by atoms with Gasteiger partial charge in [-0.1, -0.05) is 84.4 Å². The van der Waals surface area contributed by atoms with Gasteiger partial charge in [0.05, 0.1) is 0 Å². The molecule has 1 fully saturated rings. The first kappa shape index (κ1) is 16.5. The largest absolute Gasteiger partial charge is 0.295 e. The van der Waals surface area contributed by atoms with Crippen LogP contribution in [0.3, 0.4) is 0 Å². The fourth-order valence-electron chi connectivity index (χ4n) is 4.81. The summed E-state index contributed by atoms with van der Waals surface area (Å²) in [5.74, 6) is 0.637. The number of hydrogen-bond acceptors (Lipinski definition) is 1. The average Bonchev–Trinajstić information content (AvgIpc) is 3.09. The highest BCUT2D eigenvalue weighted by Crippen LogP contribution is 2.42. The third-order valence-corrected chi connectivity index (χ3v) is 5.99. The molecular formula is C26H25N. The molecule has 0 saturated carbocycles. The van der Waals surface area contributed by atoms with Crippen LogP contribution in [0.5, 0.6) is 0 Å². The Hall–Kier alpha value is -2.64. The van der Waals surface area contributed by atoms with Gasteiger partial charge in [-0.05, 0) is 52.7 Å². The van der Waals surface area contributed by atoms with E-state index in [-0.39, 0.29) is 0 Å². The van der Waals surface area contributed by atoms with Gasteiger partial charge in [-0.15, -0.1) is 0 Å². The van der Waals surface area contributed by atoms with Crippen molar-refractivity contribution in [2.45, 2.75) is 19.9 Å². The highest BCUT2D eigenvalue weighted by molar-refractivity contribution is 5.86. The summed E-state index contributed by atoms with van der Waals surface area (Å²) in [6.45, 7) is 5.49. The second-order valence-corrected chi connectivity index (χ2v) is 7.98. The van der Waals surface area contributed by atoms with E-state index in [4.69, 9.17) is 0 Å². The molecule has 1 atom stereocenters. The monoisotopic (exact) mass is 351 g/mol. The minimum absolute atomic E-state index is 0.637. The van der Waals surface area contributed by atoms with Crippen LogP contribution in [-0.2, 0) is 13.0 Å². The van der Waals surface area contributed by atoms with Crippen LogP contribution in [0.15, 0.2) is 84.4 Å². The molecule has 1 saturated heterocycles. The van der Waals surface area contributed by atoms with E-state index in [0.29, 0.717) is 5.92 Å². The molecule has 1 heterocycles. The van der Waals surface area contributed by atoms with E-state index in [1.54, 1.807) is 5.57 Å². The predicted octanol–water partition coefficient (Wildman–Crippen LogP) is 5.49. The van der Waals surface area contributed by atoms with E-state index in [9.17, 15) is 0 Å². The summed E-state index contributed by atoms with van der Waals surface area (Å²) in [6, 6.07) is 28.9. The molecule has 0 aromatic heterocycles. The van der Waals surface area contributed by atoms with Gasteiger partial charge in [0.1, 0.15) is 0 Å². The Morgan fingerprint density at radius 3 is 2.41 bits per heavy atom. The number of rotatable bonds is 3. The van der Waals surface area contributed by atoms with Gasteiger partial charge in [0.15, 0.2) is 0 Å². The molecule has 1 unspecified atom stereocenters. The maximum absolute atomic E-state index is 2.62. The number of hydrogen-bond donors (Lipinski definition) is 0. The maximum Gasteiger partial charge on any atom is 0.0237 e. The Morgan fingerprint density at radius 2 is 1.63 bits per heavy atom. The molecule has 0 spiro atoms. The van der Waals surface area contributed by atoms with Crippen molar-refractivity contribution in [2.24, 2.45) is 5.92 Å². The highest BCUT2D eigenvalue weighted by atomic mass is 15.1. The van der Waals surface area contributed by atoms with Crippen molar-refractivity contribution in [3.63, 3.8) is 0 Å². The Labute approximate surface area is 162 Å². The second-order valence-electron chi connectivity index (χ2n) is 7.98. The fraction of sp³-hybridized carbons (Fsp3) is 0.231. The van der Waals surface area contributed by atoms with Gasteiger partial charge in [-0.2, -0.15) is 0 Å². The summed E-state index contributed by atoms with van der Waals surface area (Å²) >= 11 is 0. The summed E-state index contributed by atoms with van der Waals surface area (Å²) in [6.07, 6.45) is 1.17. The summed E-state index contributed by atoms with van der Waals surface area (Å²) in [7, 11) is 0. The van der Waals surface area contributed by atoms with Crippen molar-refractivity contribution >= 4 is 5.57 Å². The van der Waals surface area contributed by atoms with Gasteiger partial charge in [0.25, 0.3) is 0 Å². The molecule has 1 aliphatic heterocycles. The van der Waals surface area contributed by atoms with Crippen molar-refractivity contribution in [3.05, 3.63) is 112 Å². The molecule has 1 aliphatic carbocycles. The van der Waals surface area contributed by atoms with Crippen LogP contribution in [0.25, 0.3) is 5.57 Å². The van der Waals surface area contributed by atoms with Crippen LogP contribution in [-0.4, -0.2) is 18.0 Å². The van der Waals surface area contributed by atoms with E-state index in [2.05, 4.69) is 90.7 Å². The number of likely N-dealkylation sites (tertiary alicyclic amines) is 1. The van der Waals surface area contributed by atoms with Crippen molar-refractivity contribution in [1.29, 1.82) is 0 Å². The lowest BCUT2D eigenvalue weighted by Crippen LogP contribution is -2.20. The van der Waals surface area contributed by atoms with Crippen LogP contribution in [0.4, 0.5) is 0 Å². The molecule has 0 amide bonds. The van der Waals surface area contributed by atoms with Gasteiger partial charge in [-0.25, -0.2) is 0 Å². The standard InChI is InChI=1S/C26H25N/c1-19-12-13-24-22(14-19)15-23-17-27(16-20-8-4-2-5-9-20)18-25(23)26(24)21-10-6-3-7-11-21/h2-14,23H,15-18H2,1H3. The van der Waals surface area contributed by atoms with Crippen LogP contribution in [0.2, 0.25) is 0 Å². The smallest absolute Gasteiger partial charge is 0.0237 e. The minimum Gasteiger partial charge on any atom is -0.295 e. The lowest BCUT2D eigenvalue weighted by molar-refractivity contribution is 0.317. The van der Waals surface area contributed by atoms with E-state index in [1.165, 1.54) is 39.8 Å². The molecule has 134 valence electrons. The Morgan fingerprint density at radius 1 is 0.889 bits per heavy atom. The topological polar surface area (TPSA) is 3.24 Å². The molecule has 3 aromatic carbocycles. The number of fused-ring (bicyclic) bond motifs is 2. The van der Waals surface area contributed by atoms with Gasteiger partial charge in [0, 0.05) is 19.6 Å². The molecule has 0 radical (unpaired) electrons. The summed E-state index contributed by atoms with van der Waals surface area (Å²) < 4.78 is 0. The van der Waals surface area contributed by atoms with Crippen LogP contribution in [0, 0.1) is 12.8 Å². The molecule has 0 bridgehead atoms. The van der Waals surface area contributed by atoms with Crippen LogP contribution in [0.1, 0.15) is 27.8 Å². The van der Waals surface area contributed by atoms with Crippen molar-refractivity contribution in [3.8, 4) is 0 Å². The van der Waals surface area contributed by atoms with E-state index in [1.807, 2.05) is 0 Å². The molecule has 0 N–H and O–H groups in total. The molecule has 1 nitrogen and oxygen atoms in total. The lowest BCUT2D eigenvalue weighted by atomic mass is 9.77. The number of nitrogens with zero attached hydrogens (tertiary/aromatic N) is 1. The third-order valence-electron chi connectivity index (χ3n) is 5.99. The molecular weight excluding hydrogens is 326 g/mol. The van der Waals surface area contributed by atoms with Crippen molar-refractivity contribution < 1.29 is 0 Å². The van der Waals surface area contributed by atoms with E-state index >= 15 is 0 Å². The van der Waals surface area contributed by atoms with Crippen molar-refractivity contribution in [1.82, 2.24) is 4.90 Å².